The van der Waals surface area contributed by atoms with E-state index in [1.165, 1.54) is 5.56 Å². The summed E-state index contributed by atoms with van der Waals surface area (Å²) in [5.74, 6) is 0.195. The number of hydrogen-bond donors (Lipinski definition) is 2. The Morgan fingerprint density at radius 3 is 2.55 bits per heavy atom. The Labute approximate surface area is 140 Å². The summed E-state index contributed by atoms with van der Waals surface area (Å²) in [5, 5.41) is 2.93. The third-order valence-electron chi connectivity index (χ3n) is 3.87. The summed E-state index contributed by atoms with van der Waals surface area (Å²) in [6.07, 6.45) is 1.86. The van der Waals surface area contributed by atoms with Crippen molar-refractivity contribution in [3.63, 3.8) is 0 Å². The molecule has 0 aliphatic heterocycles. The summed E-state index contributed by atoms with van der Waals surface area (Å²) >= 11 is 0. The van der Waals surface area contributed by atoms with Crippen LogP contribution in [0.1, 0.15) is 32.3 Å². The van der Waals surface area contributed by atoms with Crippen molar-refractivity contribution in [1.29, 1.82) is 0 Å². The first-order chi connectivity index (χ1) is 10.0. The van der Waals surface area contributed by atoms with Crippen molar-refractivity contribution in [2.45, 2.75) is 39.3 Å². The number of nitrogens with two attached hydrogens (primary N) is 1. The first kappa shape index (κ1) is 20.9. The third-order valence-corrected chi connectivity index (χ3v) is 3.87. The number of benzene rings is 1. The van der Waals surface area contributed by atoms with Gasteiger partial charge < -0.3 is 16.0 Å². The highest BCUT2D eigenvalue weighted by Gasteiger charge is 2.18. The van der Waals surface area contributed by atoms with Crippen molar-refractivity contribution in [1.82, 2.24) is 10.2 Å². The summed E-state index contributed by atoms with van der Waals surface area (Å²) in [6.45, 7) is 6.63. The van der Waals surface area contributed by atoms with Crippen LogP contribution in [0.15, 0.2) is 30.3 Å². The second-order valence-corrected chi connectivity index (χ2v) is 5.78. The first-order valence-corrected chi connectivity index (χ1v) is 7.80. The molecule has 0 bridgehead atoms. The third kappa shape index (κ3) is 7.78. The Morgan fingerprint density at radius 1 is 1.32 bits per heavy atom. The van der Waals surface area contributed by atoms with Gasteiger partial charge in [-0.15, -0.1) is 12.4 Å². The highest BCUT2D eigenvalue weighted by atomic mass is 35.5. The fourth-order valence-corrected chi connectivity index (χ4v) is 2.16. The molecule has 0 fully saturated rings. The van der Waals surface area contributed by atoms with E-state index >= 15 is 0 Å². The Balaban J connectivity index is 0.00000441. The van der Waals surface area contributed by atoms with Crippen LogP contribution >= 0.6 is 12.4 Å². The van der Waals surface area contributed by atoms with E-state index in [2.05, 4.69) is 48.5 Å². The number of carbonyl (C=O) groups excluding carboxylic acids is 1. The normalized spacial score (nSPS) is 13.3. The minimum atomic E-state index is -0.392. The number of hydrogen-bond acceptors (Lipinski definition) is 3. The SMILES string of the molecule is CCC(C)C(N)C(=O)NCCCN(C)Cc1ccccc1.Cl. The van der Waals surface area contributed by atoms with Gasteiger partial charge in [-0.1, -0.05) is 50.6 Å². The largest absolute Gasteiger partial charge is 0.355 e. The molecule has 1 aromatic carbocycles. The van der Waals surface area contributed by atoms with Crippen LogP contribution in [0.4, 0.5) is 0 Å². The second-order valence-electron chi connectivity index (χ2n) is 5.78. The van der Waals surface area contributed by atoms with E-state index in [-0.39, 0.29) is 24.2 Å². The Morgan fingerprint density at radius 2 is 1.95 bits per heavy atom. The van der Waals surface area contributed by atoms with Crippen molar-refractivity contribution >= 4 is 18.3 Å². The number of nitrogens with zero attached hydrogens (tertiary/aromatic N) is 1. The van der Waals surface area contributed by atoms with E-state index in [4.69, 9.17) is 5.73 Å². The highest BCUT2D eigenvalue weighted by molar-refractivity contribution is 5.85. The molecule has 0 radical (unpaired) electrons. The topological polar surface area (TPSA) is 58.4 Å². The lowest BCUT2D eigenvalue weighted by Gasteiger charge is -2.19. The number of carbonyl (C=O) groups is 1. The van der Waals surface area contributed by atoms with Gasteiger partial charge >= 0.3 is 0 Å². The molecule has 0 spiro atoms. The average molecular weight is 328 g/mol. The minimum Gasteiger partial charge on any atom is -0.355 e. The van der Waals surface area contributed by atoms with Crippen LogP contribution < -0.4 is 11.1 Å². The maximum absolute atomic E-state index is 11.8. The maximum atomic E-state index is 11.8. The molecule has 126 valence electrons. The van der Waals surface area contributed by atoms with Gasteiger partial charge in [0.05, 0.1) is 6.04 Å². The minimum absolute atomic E-state index is 0. The summed E-state index contributed by atoms with van der Waals surface area (Å²) in [7, 11) is 2.10. The Kier molecular flexibility index (Phi) is 10.9. The monoisotopic (exact) mass is 327 g/mol. The molecule has 1 amide bonds. The summed E-state index contributed by atoms with van der Waals surface area (Å²) in [4.78, 5) is 14.1. The van der Waals surface area contributed by atoms with Crippen molar-refractivity contribution in [3.05, 3.63) is 35.9 Å². The molecule has 1 rings (SSSR count). The molecule has 2 atom stereocenters. The van der Waals surface area contributed by atoms with E-state index in [0.717, 1.165) is 25.9 Å². The molecule has 22 heavy (non-hydrogen) atoms. The molecule has 3 N–H and O–H groups in total. The smallest absolute Gasteiger partial charge is 0.237 e. The predicted molar refractivity (Wildman–Crippen MR) is 95.1 cm³/mol. The van der Waals surface area contributed by atoms with Gasteiger partial charge in [0.2, 0.25) is 5.91 Å². The van der Waals surface area contributed by atoms with Crippen LogP contribution in [-0.4, -0.2) is 37.0 Å². The average Bonchev–Trinajstić information content (AvgIpc) is 2.50. The van der Waals surface area contributed by atoms with Crippen molar-refractivity contribution < 1.29 is 4.79 Å². The van der Waals surface area contributed by atoms with Gasteiger partial charge in [0.25, 0.3) is 0 Å². The van der Waals surface area contributed by atoms with Crippen LogP contribution in [-0.2, 0) is 11.3 Å². The maximum Gasteiger partial charge on any atom is 0.237 e. The van der Waals surface area contributed by atoms with Gasteiger partial charge in [0.15, 0.2) is 0 Å². The van der Waals surface area contributed by atoms with E-state index in [0.29, 0.717) is 6.54 Å². The summed E-state index contributed by atoms with van der Waals surface area (Å²) < 4.78 is 0. The van der Waals surface area contributed by atoms with E-state index in [1.54, 1.807) is 0 Å². The van der Waals surface area contributed by atoms with Gasteiger partial charge in [0.1, 0.15) is 0 Å². The molecular weight excluding hydrogens is 298 g/mol. The van der Waals surface area contributed by atoms with Gasteiger partial charge in [-0.25, -0.2) is 0 Å². The molecule has 4 nitrogen and oxygen atoms in total. The predicted octanol–water partition coefficient (Wildman–Crippen LogP) is 2.42. The van der Waals surface area contributed by atoms with Gasteiger partial charge in [0, 0.05) is 13.1 Å². The van der Waals surface area contributed by atoms with Crippen LogP contribution in [0, 0.1) is 5.92 Å². The fourth-order valence-electron chi connectivity index (χ4n) is 2.16. The van der Waals surface area contributed by atoms with E-state index in [1.807, 2.05) is 13.0 Å². The molecule has 0 heterocycles. The fraction of sp³-hybridized carbons (Fsp3) is 0.588. The number of rotatable bonds is 9. The van der Waals surface area contributed by atoms with E-state index < -0.39 is 6.04 Å². The zero-order valence-electron chi connectivity index (χ0n) is 13.9. The number of amides is 1. The van der Waals surface area contributed by atoms with E-state index in [9.17, 15) is 4.79 Å². The van der Waals surface area contributed by atoms with Gasteiger partial charge in [-0.05, 0) is 31.5 Å². The summed E-state index contributed by atoms with van der Waals surface area (Å²) in [6, 6.07) is 10.0. The molecule has 0 saturated carbocycles. The molecule has 5 heteroatoms. The summed E-state index contributed by atoms with van der Waals surface area (Å²) in [5.41, 5.74) is 7.20. The number of nitrogens with one attached hydrogen (secondary N) is 1. The van der Waals surface area contributed by atoms with Crippen molar-refractivity contribution in [2.24, 2.45) is 11.7 Å². The second kappa shape index (κ2) is 11.5. The quantitative estimate of drug-likeness (QED) is 0.685. The Hall–Kier alpha value is -1.10. The molecule has 1 aromatic rings. The first-order valence-electron chi connectivity index (χ1n) is 7.80. The number of halogens is 1. The van der Waals surface area contributed by atoms with Crippen LogP contribution in [0.2, 0.25) is 0 Å². The molecular formula is C17H30ClN3O. The molecule has 0 aromatic heterocycles. The standard InChI is InChI=1S/C17H29N3O.ClH/c1-4-14(2)16(18)17(21)19-11-8-12-20(3)13-15-9-6-5-7-10-15;/h5-7,9-10,14,16H,4,8,11-13,18H2,1-3H3,(H,19,21);1H. The molecule has 0 aliphatic carbocycles. The zero-order valence-corrected chi connectivity index (χ0v) is 14.7. The van der Waals surface area contributed by atoms with Gasteiger partial charge in [-0.2, -0.15) is 0 Å². The van der Waals surface area contributed by atoms with Crippen LogP contribution in [0.5, 0.6) is 0 Å². The highest BCUT2D eigenvalue weighted by Crippen LogP contribution is 2.05. The van der Waals surface area contributed by atoms with Crippen molar-refractivity contribution in [2.75, 3.05) is 20.1 Å². The zero-order chi connectivity index (χ0) is 15.7. The van der Waals surface area contributed by atoms with Crippen LogP contribution in [0.3, 0.4) is 0 Å². The lowest BCUT2D eigenvalue weighted by Crippen LogP contribution is -2.45. The Bertz CT molecular complexity index is 414. The molecule has 0 aliphatic rings. The van der Waals surface area contributed by atoms with Crippen LogP contribution in [0.25, 0.3) is 0 Å². The van der Waals surface area contributed by atoms with Crippen molar-refractivity contribution in [3.8, 4) is 0 Å². The molecule has 0 saturated heterocycles. The lowest BCUT2D eigenvalue weighted by molar-refractivity contribution is -0.123. The molecule has 2 unspecified atom stereocenters. The lowest BCUT2D eigenvalue weighted by atomic mass is 9.99. The van der Waals surface area contributed by atoms with Gasteiger partial charge in [-0.3, -0.25) is 4.79 Å².